The SMILES string of the molecule is Fc1c(C(F)F)cc(I)nc1Br. The van der Waals surface area contributed by atoms with E-state index in [1.54, 1.807) is 22.6 Å². The number of halogens is 5. The van der Waals surface area contributed by atoms with E-state index >= 15 is 0 Å². The molecule has 0 fully saturated rings. The smallest absolute Gasteiger partial charge is 0.232 e. The molecule has 0 unspecified atom stereocenters. The van der Waals surface area contributed by atoms with Crippen LogP contribution in [-0.4, -0.2) is 4.98 Å². The zero-order valence-corrected chi connectivity index (χ0v) is 9.24. The number of rotatable bonds is 1. The Morgan fingerprint density at radius 1 is 1.50 bits per heavy atom. The van der Waals surface area contributed by atoms with Crippen molar-refractivity contribution in [3.8, 4) is 0 Å². The molecule has 0 saturated carbocycles. The van der Waals surface area contributed by atoms with E-state index < -0.39 is 17.8 Å². The molecule has 0 aliphatic carbocycles. The van der Waals surface area contributed by atoms with Gasteiger partial charge in [0.15, 0.2) is 5.82 Å². The molecule has 0 radical (unpaired) electrons. The molecular weight excluding hydrogens is 350 g/mol. The van der Waals surface area contributed by atoms with Crippen LogP contribution in [0.1, 0.15) is 12.0 Å². The Morgan fingerprint density at radius 2 is 2.08 bits per heavy atom. The highest BCUT2D eigenvalue weighted by molar-refractivity contribution is 14.1. The van der Waals surface area contributed by atoms with Gasteiger partial charge in [-0.15, -0.1) is 0 Å². The number of pyridine rings is 1. The molecule has 0 aromatic carbocycles. The van der Waals surface area contributed by atoms with Crippen LogP contribution in [0.3, 0.4) is 0 Å². The maximum absolute atomic E-state index is 12.8. The Bertz CT molecular complexity index is 305. The van der Waals surface area contributed by atoms with E-state index in [1.165, 1.54) is 0 Å². The summed E-state index contributed by atoms with van der Waals surface area (Å²) in [7, 11) is 0. The van der Waals surface area contributed by atoms with Gasteiger partial charge in [0.25, 0.3) is 6.43 Å². The maximum atomic E-state index is 12.8. The second-order valence-corrected chi connectivity index (χ2v) is 3.80. The largest absolute Gasteiger partial charge is 0.266 e. The highest BCUT2D eigenvalue weighted by atomic mass is 127. The molecule has 66 valence electrons. The van der Waals surface area contributed by atoms with E-state index in [9.17, 15) is 13.2 Å². The van der Waals surface area contributed by atoms with E-state index in [-0.39, 0.29) is 4.60 Å². The molecule has 1 rings (SSSR count). The van der Waals surface area contributed by atoms with Gasteiger partial charge in [0.1, 0.15) is 8.30 Å². The van der Waals surface area contributed by atoms with Gasteiger partial charge in [-0.2, -0.15) is 0 Å². The van der Waals surface area contributed by atoms with E-state index in [0.29, 0.717) is 3.70 Å². The molecule has 0 amide bonds. The first kappa shape index (κ1) is 10.2. The summed E-state index contributed by atoms with van der Waals surface area (Å²) in [5.74, 6) is -0.995. The average molecular weight is 352 g/mol. The molecule has 1 aromatic heterocycles. The van der Waals surface area contributed by atoms with Gasteiger partial charge in [-0.05, 0) is 44.6 Å². The van der Waals surface area contributed by atoms with Crippen molar-refractivity contribution in [3.63, 3.8) is 0 Å². The van der Waals surface area contributed by atoms with Crippen molar-refractivity contribution in [2.24, 2.45) is 0 Å². The molecule has 0 aliphatic heterocycles. The Hall–Kier alpha value is 0.150. The lowest BCUT2D eigenvalue weighted by molar-refractivity contribution is 0.146. The minimum Gasteiger partial charge on any atom is -0.232 e. The second kappa shape index (κ2) is 3.91. The molecule has 12 heavy (non-hydrogen) atoms. The molecule has 0 spiro atoms. The number of alkyl halides is 2. The van der Waals surface area contributed by atoms with Gasteiger partial charge in [0, 0.05) is 0 Å². The van der Waals surface area contributed by atoms with Crippen LogP contribution in [0, 0.1) is 9.52 Å². The number of nitrogens with zero attached hydrogens (tertiary/aromatic N) is 1. The lowest BCUT2D eigenvalue weighted by atomic mass is 10.3. The summed E-state index contributed by atoms with van der Waals surface area (Å²) in [6, 6.07) is 1.02. The molecule has 0 bridgehead atoms. The zero-order chi connectivity index (χ0) is 9.30. The summed E-state index contributed by atoms with van der Waals surface area (Å²) in [6.07, 6.45) is -2.81. The highest BCUT2D eigenvalue weighted by Crippen LogP contribution is 2.27. The molecule has 1 nitrogen and oxygen atoms in total. The lowest BCUT2D eigenvalue weighted by Gasteiger charge is -2.02. The molecule has 6 heteroatoms. The van der Waals surface area contributed by atoms with Crippen LogP contribution in [-0.2, 0) is 0 Å². The minimum atomic E-state index is -2.81. The van der Waals surface area contributed by atoms with Crippen LogP contribution in [0.15, 0.2) is 10.7 Å². The minimum absolute atomic E-state index is 0.176. The van der Waals surface area contributed by atoms with Crippen molar-refractivity contribution >= 4 is 38.5 Å². The molecule has 1 aromatic rings. The van der Waals surface area contributed by atoms with Crippen LogP contribution in [0.4, 0.5) is 13.2 Å². The maximum Gasteiger partial charge on any atom is 0.266 e. The number of aromatic nitrogens is 1. The predicted molar refractivity (Wildman–Crippen MR) is 49.6 cm³/mol. The van der Waals surface area contributed by atoms with Gasteiger partial charge >= 0.3 is 0 Å². The third-order valence-corrected chi connectivity index (χ3v) is 2.23. The Morgan fingerprint density at radius 3 is 2.58 bits per heavy atom. The summed E-state index contributed by atoms with van der Waals surface area (Å²) in [5.41, 5.74) is -0.624. The molecule has 0 N–H and O–H groups in total. The van der Waals surface area contributed by atoms with Crippen molar-refractivity contribution in [1.82, 2.24) is 4.98 Å². The fraction of sp³-hybridized carbons (Fsp3) is 0.167. The Labute approximate surface area is 88.6 Å². The fourth-order valence-corrected chi connectivity index (χ4v) is 1.97. The quantitative estimate of drug-likeness (QED) is 0.557. The number of hydrogen-bond donors (Lipinski definition) is 0. The van der Waals surface area contributed by atoms with E-state index in [4.69, 9.17) is 0 Å². The van der Waals surface area contributed by atoms with Gasteiger partial charge < -0.3 is 0 Å². The predicted octanol–water partition coefficient (Wildman–Crippen LogP) is 3.53. The van der Waals surface area contributed by atoms with Gasteiger partial charge in [-0.25, -0.2) is 18.2 Å². The lowest BCUT2D eigenvalue weighted by Crippen LogP contribution is -1.96. The van der Waals surface area contributed by atoms with E-state index in [2.05, 4.69) is 20.9 Å². The van der Waals surface area contributed by atoms with Crippen molar-refractivity contribution in [3.05, 3.63) is 25.8 Å². The van der Waals surface area contributed by atoms with Crippen LogP contribution < -0.4 is 0 Å². The summed E-state index contributed by atoms with van der Waals surface area (Å²) in [5, 5.41) is 0. The van der Waals surface area contributed by atoms with Crippen molar-refractivity contribution in [2.75, 3.05) is 0 Å². The van der Waals surface area contributed by atoms with Crippen molar-refractivity contribution in [1.29, 1.82) is 0 Å². The monoisotopic (exact) mass is 351 g/mol. The average Bonchev–Trinajstić information content (AvgIpc) is 1.96. The first-order chi connectivity index (χ1) is 5.52. The summed E-state index contributed by atoms with van der Waals surface area (Å²) in [4.78, 5) is 3.61. The first-order valence-electron chi connectivity index (χ1n) is 2.82. The second-order valence-electron chi connectivity index (χ2n) is 1.94. The molecular formula is C6H2BrF3IN. The zero-order valence-electron chi connectivity index (χ0n) is 5.49. The normalized spacial score (nSPS) is 10.8. The van der Waals surface area contributed by atoms with E-state index in [0.717, 1.165) is 6.07 Å². The Kier molecular flexibility index (Phi) is 3.33. The fourth-order valence-electron chi connectivity index (χ4n) is 0.645. The van der Waals surface area contributed by atoms with Gasteiger partial charge in [-0.1, -0.05) is 0 Å². The molecule has 0 atom stereocenters. The molecule has 0 aliphatic rings. The van der Waals surface area contributed by atoms with E-state index in [1.807, 2.05) is 0 Å². The third kappa shape index (κ3) is 2.09. The highest BCUT2D eigenvalue weighted by Gasteiger charge is 2.17. The van der Waals surface area contributed by atoms with Gasteiger partial charge in [-0.3, -0.25) is 0 Å². The van der Waals surface area contributed by atoms with Crippen LogP contribution in [0.5, 0.6) is 0 Å². The summed E-state index contributed by atoms with van der Waals surface area (Å²) in [6.45, 7) is 0. The third-order valence-electron chi connectivity index (χ3n) is 1.15. The molecule has 1 heterocycles. The summed E-state index contributed by atoms with van der Waals surface area (Å²) >= 11 is 4.48. The van der Waals surface area contributed by atoms with Gasteiger partial charge in [0.2, 0.25) is 0 Å². The number of hydrogen-bond acceptors (Lipinski definition) is 1. The van der Waals surface area contributed by atoms with Crippen LogP contribution >= 0.6 is 38.5 Å². The summed E-state index contributed by atoms with van der Waals surface area (Å²) < 4.78 is 37.2. The first-order valence-corrected chi connectivity index (χ1v) is 4.69. The molecule has 0 saturated heterocycles. The van der Waals surface area contributed by atoms with Gasteiger partial charge in [0.05, 0.1) is 5.56 Å². The standard InChI is InChI=1S/C6H2BrF3IN/c7-5-4(8)2(6(9)10)1-3(11)12-5/h1,6H. The van der Waals surface area contributed by atoms with Crippen LogP contribution in [0.25, 0.3) is 0 Å². The van der Waals surface area contributed by atoms with Crippen LogP contribution in [0.2, 0.25) is 0 Å². The van der Waals surface area contributed by atoms with Crippen molar-refractivity contribution in [2.45, 2.75) is 6.43 Å². The topological polar surface area (TPSA) is 12.9 Å². The Balaban J connectivity index is 3.28. The van der Waals surface area contributed by atoms with Crippen molar-refractivity contribution < 1.29 is 13.2 Å².